The Morgan fingerprint density at radius 3 is 2.41 bits per heavy atom. The van der Waals surface area contributed by atoms with E-state index in [1.807, 2.05) is 50.2 Å². The fraction of sp³-hybridized carbons (Fsp3) is 0.385. The van der Waals surface area contributed by atoms with E-state index in [4.69, 9.17) is 4.74 Å². The van der Waals surface area contributed by atoms with Gasteiger partial charge >= 0.3 is 0 Å². The average molecular weight is 481 g/mol. The van der Waals surface area contributed by atoms with Crippen LogP contribution in [0, 0.1) is 5.92 Å². The fourth-order valence-electron chi connectivity index (χ4n) is 3.38. The molecule has 8 heteroatoms. The molecule has 7 nitrogen and oxygen atoms in total. The van der Waals surface area contributed by atoms with Crippen LogP contribution in [0.5, 0.6) is 5.75 Å². The largest absolute Gasteiger partial charge is 0.497 e. The van der Waals surface area contributed by atoms with Gasteiger partial charge in [-0.1, -0.05) is 76.6 Å². The van der Waals surface area contributed by atoms with Crippen LogP contribution in [0.3, 0.4) is 0 Å². The van der Waals surface area contributed by atoms with Crippen LogP contribution in [0.15, 0.2) is 48.5 Å². The quantitative estimate of drug-likeness (QED) is 0.457. The van der Waals surface area contributed by atoms with Gasteiger partial charge in [0.1, 0.15) is 16.8 Å². The van der Waals surface area contributed by atoms with Gasteiger partial charge in [0.25, 0.3) is 5.91 Å². The number of hydrogen-bond acceptors (Lipinski definition) is 6. The number of benzene rings is 2. The maximum atomic E-state index is 13.1. The van der Waals surface area contributed by atoms with Crippen LogP contribution in [-0.4, -0.2) is 35.2 Å². The van der Waals surface area contributed by atoms with Crippen LogP contribution in [0.2, 0.25) is 0 Å². The molecule has 0 radical (unpaired) electrons. The third kappa shape index (κ3) is 6.20. The summed E-state index contributed by atoms with van der Waals surface area (Å²) in [5, 5.41) is 15.1. The van der Waals surface area contributed by atoms with Crippen molar-refractivity contribution in [2.45, 2.75) is 52.5 Å². The van der Waals surface area contributed by atoms with E-state index < -0.39 is 6.04 Å². The Hall–Kier alpha value is -3.26. The summed E-state index contributed by atoms with van der Waals surface area (Å²) in [4.78, 5) is 26.0. The van der Waals surface area contributed by atoms with E-state index >= 15 is 0 Å². The number of hydrogen-bond donors (Lipinski definition) is 2. The topological polar surface area (TPSA) is 93.2 Å². The number of carbonyl (C=O) groups is 2. The van der Waals surface area contributed by atoms with Crippen LogP contribution in [0.25, 0.3) is 10.6 Å². The SMILES string of the molecule is CCC(C)C(NC(=O)c1ccc(C(C)(C)C)cc1)C(=O)Nc1nnc(-c2cccc(OC)c2)s1. The third-order valence-electron chi connectivity index (χ3n) is 5.77. The first-order valence-corrected chi connectivity index (χ1v) is 12.1. The highest BCUT2D eigenvalue weighted by molar-refractivity contribution is 7.18. The summed E-state index contributed by atoms with van der Waals surface area (Å²) in [6, 6.07) is 14.3. The van der Waals surface area contributed by atoms with E-state index in [1.54, 1.807) is 19.2 Å². The zero-order valence-corrected chi connectivity index (χ0v) is 21.3. The van der Waals surface area contributed by atoms with Gasteiger partial charge in [0.2, 0.25) is 11.0 Å². The number of anilines is 1. The normalized spacial score (nSPS) is 13.1. The minimum Gasteiger partial charge on any atom is -0.497 e. The van der Waals surface area contributed by atoms with Crippen molar-refractivity contribution in [1.29, 1.82) is 0 Å². The van der Waals surface area contributed by atoms with Crippen molar-refractivity contribution >= 4 is 28.3 Å². The standard InChI is InChI=1S/C26H32N4O3S/c1-7-16(2)21(27-22(31)17-11-13-19(14-12-17)26(3,4)5)23(32)28-25-30-29-24(34-25)18-9-8-10-20(15-18)33-6/h8-16,21H,7H2,1-6H3,(H,27,31)(H,28,30,32). The van der Waals surface area contributed by atoms with Gasteiger partial charge < -0.3 is 10.1 Å². The fourth-order valence-corrected chi connectivity index (χ4v) is 4.12. The molecule has 0 spiro atoms. The molecular formula is C26H32N4O3S. The highest BCUT2D eigenvalue weighted by Gasteiger charge is 2.27. The number of nitrogens with zero attached hydrogens (tertiary/aromatic N) is 2. The molecule has 2 unspecified atom stereocenters. The van der Waals surface area contributed by atoms with Crippen LogP contribution in [-0.2, 0) is 10.2 Å². The Balaban J connectivity index is 1.72. The average Bonchev–Trinajstić information content (AvgIpc) is 3.29. The minimum absolute atomic E-state index is 0.000367. The van der Waals surface area contributed by atoms with Gasteiger partial charge in [0.15, 0.2) is 0 Å². The summed E-state index contributed by atoms with van der Waals surface area (Å²) >= 11 is 1.27. The monoisotopic (exact) mass is 480 g/mol. The molecule has 34 heavy (non-hydrogen) atoms. The summed E-state index contributed by atoms with van der Waals surface area (Å²) in [5.41, 5.74) is 2.51. The molecule has 1 aromatic heterocycles. The van der Waals surface area contributed by atoms with Gasteiger partial charge in [0.05, 0.1) is 7.11 Å². The maximum absolute atomic E-state index is 13.1. The van der Waals surface area contributed by atoms with Crippen molar-refractivity contribution in [2.75, 3.05) is 12.4 Å². The summed E-state index contributed by atoms with van der Waals surface area (Å²) in [5.74, 6) is 0.0505. The third-order valence-corrected chi connectivity index (χ3v) is 6.65. The van der Waals surface area contributed by atoms with Gasteiger partial charge in [-0.05, 0) is 41.2 Å². The van der Waals surface area contributed by atoms with Gasteiger partial charge in [-0.3, -0.25) is 14.9 Å². The lowest BCUT2D eigenvalue weighted by Gasteiger charge is -2.23. The zero-order valence-electron chi connectivity index (χ0n) is 20.5. The van der Waals surface area contributed by atoms with Crippen molar-refractivity contribution in [2.24, 2.45) is 5.92 Å². The van der Waals surface area contributed by atoms with Crippen LogP contribution < -0.4 is 15.4 Å². The lowest BCUT2D eigenvalue weighted by molar-refractivity contribution is -0.119. The molecule has 2 aromatic carbocycles. The van der Waals surface area contributed by atoms with E-state index in [-0.39, 0.29) is 23.1 Å². The van der Waals surface area contributed by atoms with E-state index in [1.165, 1.54) is 11.3 Å². The Bertz CT molecular complexity index is 1140. The predicted molar refractivity (Wildman–Crippen MR) is 136 cm³/mol. The molecule has 2 atom stereocenters. The molecule has 2 amide bonds. The number of ether oxygens (including phenoxy) is 1. The second-order valence-corrected chi connectivity index (χ2v) is 10.3. The van der Waals surface area contributed by atoms with E-state index in [9.17, 15) is 9.59 Å². The summed E-state index contributed by atoms with van der Waals surface area (Å²) < 4.78 is 5.26. The molecule has 1 heterocycles. The minimum atomic E-state index is -0.705. The Kier molecular flexibility index (Phi) is 8.04. The van der Waals surface area contributed by atoms with Crippen molar-refractivity contribution in [3.05, 3.63) is 59.7 Å². The Morgan fingerprint density at radius 1 is 1.09 bits per heavy atom. The molecule has 2 N–H and O–H groups in total. The first-order valence-electron chi connectivity index (χ1n) is 11.3. The van der Waals surface area contributed by atoms with E-state index in [0.717, 1.165) is 17.5 Å². The van der Waals surface area contributed by atoms with E-state index in [0.29, 0.717) is 21.5 Å². The summed E-state index contributed by atoms with van der Waals surface area (Å²) in [7, 11) is 1.60. The number of amides is 2. The van der Waals surface area contributed by atoms with Crippen LogP contribution in [0.4, 0.5) is 5.13 Å². The Labute approximate surface area is 205 Å². The number of carbonyl (C=O) groups excluding carboxylic acids is 2. The molecule has 3 rings (SSSR count). The predicted octanol–water partition coefficient (Wildman–Crippen LogP) is 5.29. The van der Waals surface area contributed by atoms with Crippen LogP contribution >= 0.6 is 11.3 Å². The Morgan fingerprint density at radius 2 is 1.79 bits per heavy atom. The second-order valence-electron chi connectivity index (χ2n) is 9.30. The van der Waals surface area contributed by atoms with Crippen molar-refractivity contribution in [1.82, 2.24) is 15.5 Å². The van der Waals surface area contributed by atoms with Gasteiger partial charge in [0, 0.05) is 11.1 Å². The highest BCUT2D eigenvalue weighted by atomic mass is 32.1. The van der Waals surface area contributed by atoms with Gasteiger partial charge in [-0.15, -0.1) is 10.2 Å². The maximum Gasteiger partial charge on any atom is 0.251 e. The second kappa shape index (κ2) is 10.8. The molecule has 3 aromatic rings. The molecule has 0 aliphatic rings. The zero-order chi connectivity index (χ0) is 24.9. The molecule has 0 bridgehead atoms. The van der Waals surface area contributed by atoms with Gasteiger partial charge in [-0.25, -0.2) is 0 Å². The molecule has 180 valence electrons. The van der Waals surface area contributed by atoms with E-state index in [2.05, 4.69) is 41.6 Å². The van der Waals surface area contributed by atoms with Crippen molar-refractivity contribution in [3.8, 4) is 16.3 Å². The van der Waals surface area contributed by atoms with Crippen molar-refractivity contribution < 1.29 is 14.3 Å². The molecular weight excluding hydrogens is 448 g/mol. The smallest absolute Gasteiger partial charge is 0.251 e. The molecule has 0 fully saturated rings. The first kappa shape index (κ1) is 25.4. The lowest BCUT2D eigenvalue weighted by Crippen LogP contribution is -2.47. The molecule has 0 aliphatic carbocycles. The number of rotatable bonds is 8. The molecule has 0 aliphatic heterocycles. The highest BCUT2D eigenvalue weighted by Crippen LogP contribution is 2.29. The lowest BCUT2D eigenvalue weighted by atomic mass is 9.86. The number of nitrogens with one attached hydrogen (secondary N) is 2. The van der Waals surface area contributed by atoms with Gasteiger partial charge in [-0.2, -0.15) is 0 Å². The molecule has 0 saturated heterocycles. The number of methoxy groups -OCH3 is 1. The first-order chi connectivity index (χ1) is 16.1. The van der Waals surface area contributed by atoms with Crippen LogP contribution in [0.1, 0.15) is 57.0 Å². The van der Waals surface area contributed by atoms with Crippen molar-refractivity contribution in [3.63, 3.8) is 0 Å². The molecule has 0 saturated carbocycles. The number of aromatic nitrogens is 2. The summed E-state index contributed by atoms with van der Waals surface area (Å²) in [6.45, 7) is 10.3. The summed E-state index contributed by atoms with van der Waals surface area (Å²) in [6.07, 6.45) is 0.729.